The standard InChI is InChI=1S/C10H21ClO2S/c1-2-3-4-5-6-7-8-9-10-14(11,12)13/h2-10H2,1H3. The van der Waals surface area contributed by atoms with Gasteiger partial charge in [-0.3, -0.25) is 0 Å². The van der Waals surface area contributed by atoms with Crippen LogP contribution in [0.15, 0.2) is 0 Å². The molecule has 0 atom stereocenters. The molecule has 0 N–H and O–H groups in total. The van der Waals surface area contributed by atoms with Crippen molar-refractivity contribution in [2.24, 2.45) is 0 Å². The fourth-order valence-electron chi connectivity index (χ4n) is 1.41. The Kier molecular flexibility index (Phi) is 8.69. The third kappa shape index (κ3) is 12.2. The van der Waals surface area contributed by atoms with Crippen molar-refractivity contribution in [3.8, 4) is 0 Å². The molecule has 4 heteroatoms. The number of unbranched alkanes of at least 4 members (excludes halogenated alkanes) is 7. The van der Waals surface area contributed by atoms with Gasteiger partial charge in [0.25, 0.3) is 0 Å². The molecule has 0 amide bonds. The summed E-state index contributed by atoms with van der Waals surface area (Å²) in [7, 11) is 1.83. The molecular weight excluding hydrogens is 220 g/mol. The van der Waals surface area contributed by atoms with Gasteiger partial charge in [0, 0.05) is 10.7 Å². The van der Waals surface area contributed by atoms with Crippen LogP contribution in [0.1, 0.15) is 58.3 Å². The average molecular weight is 241 g/mol. The van der Waals surface area contributed by atoms with Crippen molar-refractivity contribution in [1.82, 2.24) is 0 Å². The molecule has 0 saturated carbocycles. The predicted octanol–water partition coefficient (Wildman–Crippen LogP) is 3.70. The molecule has 0 bridgehead atoms. The summed E-state index contributed by atoms with van der Waals surface area (Å²) in [6, 6.07) is 0. The molecule has 0 radical (unpaired) electrons. The summed E-state index contributed by atoms with van der Waals surface area (Å²) in [6.45, 7) is 2.20. The van der Waals surface area contributed by atoms with Crippen LogP contribution in [0, 0.1) is 0 Å². The second-order valence-electron chi connectivity index (χ2n) is 3.72. The van der Waals surface area contributed by atoms with Gasteiger partial charge >= 0.3 is 0 Å². The van der Waals surface area contributed by atoms with E-state index in [4.69, 9.17) is 10.7 Å². The molecule has 0 saturated heterocycles. The highest BCUT2D eigenvalue weighted by Gasteiger charge is 2.03. The lowest BCUT2D eigenvalue weighted by Gasteiger charge is -2.00. The summed E-state index contributed by atoms with van der Waals surface area (Å²) < 4.78 is 21.1. The van der Waals surface area contributed by atoms with E-state index in [2.05, 4.69) is 6.92 Å². The first-order chi connectivity index (χ1) is 6.56. The molecule has 2 nitrogen and oxygen atoms in total. The quantitative estimate of drug-likeness (QED) is 0.455. The Labute approximate surface area is 92.5 Å². The van der Waals surface area contributed by atoms with Crippen molar-refractivity contribution in [3.63, 3.8) is 0 Å². The maximum Gasteiger partial charge on any atom is 0.232 e. The van der Waals surface area contributed by atoms with Crippen molar-refractivity contribution in [2.45, 2.75) is 58.3 Å². The summed E-state index contributed by atoms with van der Waals surface area (Å²) in [4.78, 5) is 0. The van der Waals surface area contributed by atoms with Crippen LogP contribution in [0.25, 0.3) is 0 Å². The average Bonchev–Trinajstić information content (AvgIpc) is 2.08. The molecule has 0 aliphatic rings. The van der Waals surface area contributed by atoms with Gasteiger partial charge in [-0.1, -0.05) is 51.9 Å². The van der Waals surface area contributed by atoms with E-state index < -0.39 is 9.05 Å². The van der Waals surface area contributed by atoms with Crippen LogP contribution < -0.4 is 0 Å². The van der Waals surface area contributed by atoms with Gasteiger partial charge in [-0.05, 0) is 6.42 Å². The highest BCUT2D eigenvalue weighted by molar-refractivity contribution is 8.13. The third-order valence-electron chi connectivity index (χ3n) is 2.24. The first kappa shape index (κ1) is 14.2. The van der Waals surface area contributed by atoms with E-state index in [0.717, 1.165) is 12.8 Å². The van der Waals surface area contributed by atoms with E-state index >= 15 is 0 Å². The lowest BCUT2D eigenvalue weighted by Crippen LogP contribution is -1.96. The Morgan fingerprint density at radius 3 is 1.71 bits per heavy atom. The topological polar surface area (TPSA) is 34.1 Å². The summed E-state index contributed by atoms with van der Waals surface area (Å²) in [5, 5.41) is 0. The minimum absolute atomic E-state index is 0.128. The Balaban J connectivity index is 3.07. The molecule has 0 unspecified atom stereocenters. The number of halogens is 1. The predicted molar refractivity (Wildman–Crippen MR) is 62.2 cm³/mol. The SMILES string of the molecule is CCCCCCCCCCS(=O)(=O)Cl. The van der Waals surface area contributed by atoms with E-state index in [9.17, 15) is 8.42 Å². The van der Waals surface area contributed by atoms with Gasteiger partial charge in [0.2, 0.25) is 9.05 Å². The van der Waals surface area contributed by atoms with Crippen molar-refractivity contribution in [3.05, 3.63) is 0 Å². The molecule has 0 aromatic heterocycles. The van der Waals surface area contributed by atoms with E-state index in [1.807, 2.05) is 0 Å². The molecule has 0 rings (SSSR count). The summed E-state index contributed by atoms with van der Waals surface area (Å²) in [5.41, 5.74) is 0. The van der Waals surface area contributed by atoms with Crippen LogP contribution in [-0.2, 0) is 9.05 Å². The van der Waals surface area contributed by atoms with Crippen LogP contribution in [0.5, 0.6) is 0 Å². The fraction of sp³-hybridized carbons (Fsp3) is 1.00. The monoisotopic (exact) mass is 240 g/mol. The molecule has 0 aromatic carbocycles. The third-order valence-corrected chi connectivity index (χ3v) is 3.48. The lowest BCUT2D eigenvalue weighted by atomic mass is 10.1. The normalized spacial score (nSPS) is 11.9. The molecule has 0 aliphatic carbocycles. The molecular formula is C10H21ClO2S. The number of rotatable bonds is 9. The first-order valence-corrected chi connectivity index (χ1v) is 7.96. The highest BCUT2D eigenvalue weighted by Crippen LogP contribution is 2.09. The lowest BCUT2D eigenvalue weighted by molar-refractivity contribution is 0.577. The zero-order valence-corrected chi connectivity index (χ0v) is 10.5. The smallest absolute Gasteiger partial charge is 0.212 e. The van der Waals surface area contributed by atoms with Gasteiger partial charge in [-0.15, -0.1) is 0 Å². The van der Waals surface area contributed by atoms with Gasteiger partial charge in [0.1, 0.15) is 0 Å². The molecule has 0 aliphatic heterocycles. The zero-order valence-electron chi connectivity index (χ0n) is 8.97. The molecule has 86 valence electrons. The van der Waals surface area contributed by atoms with Crippen molar-refractivity contribution in [1.29, 1.82) is 0 Å². The van der Waals surface area contributed by atoms with Crippen LogP contribution in [0.3, 0.4) is 0 Å². The van der Waals surface area contributed by atoms with Crippen molar-refractivity contribution in [2.75, 3.05) is 5.75 Å². The Hall–Kier alpha value is 0.240. The van der Waals surface area contributed by atoms with E-state index in [-0.39, 0.29) is 5.75 Å². The van der Waals surface area contributed by atoms with Gasteiger partial charge in [0.05, 0.1) is 5.75 Å². The zero-order chi connectivity index (χ0) is 10.9. The summed E-state index contributed by atoms with van der Waals surface area (Å²) in [5.74, 6) is 0.128. The van der Waals surface area contributed by atoms with Gasteiger partial charge in [0.15, 0.2) is 0 Å². The highest BCUT2D eigenvalue weighted by atomic mass is 35.7. The van der Waals surface area contributed by atoms with Crippen molar-refractivity contribution >= 4 is 19.7 Å². The van der Waals surface area contributed by atoms with Crippen LogP contribution >= 0.6 is 10.7 Å². The molecule has 0 fully saturated rings. The Morgan fingerprint density at radius 1 is 0.857 bits per heavy atom. The minimum atomic E-state index is -3.25. The maximum atomic E-state index is 10.6. The second-order valence-corrected chi connectivity index (χ2v) is 6.61. The van der Waals surface area contributed by atoms with Gasteiger partial charge in [-0.2, -0.15) is 0 Å². The number of hydrogen-bond donors (Lipinski definition) is 0. The van der Waals surface area contributed by atoms with Crippen LogP contribution in [0.2, 0.25) is 0 Å². The summed E-state index contributed by atoms with van der Waals surface area (Å²) in [6.07, 6.45) is 9.22. The van der Waals surface area contributed by atoms with E-state index in [0.29, 0.717) is 6.42 Å². The van der Waals surface area contributed by atoms with Crippen LogP contribution in [0.4, 0.5) is 0 Å². The van der Waals surface area contributed by atoms with Crippen LogP contribution in [-0.4, -0.2) is 14.2 Å². The molecule has 0 spiro atoms. The largest absolute Gasteiger partial charge is 0.232 e. The number of hydrogen-bond acceptors (Lipinski definition) is 2. The maximum absolute atomic E-state index is 10.6. The molecule has 0 aromatic rings. The first-order valence-electron chi connectivity index (χ1n) is 5.48. The van der Waals surface area contributed by atoms with Gasteiger partial charge < -0.3 is 0 Å². The minimum Gasteiger partial charge on any atom is -0.212 e. The Bertz CT molecular complexity index is 212. The molecule has 0 heterocycles. The molecule has 14 heavy (non-hydrogen) atoms. The fourth-order valence-corrected chi connectivity index (χ4v) is 2.28. The van der Waals surface area contributed by atoms with Gasteiger partial charge in [-0.25, -0.2) is 8.42 Å². The second kappa shape index (κ2) is 8.54. The Morgan fingerprint density at radius 2 is 1.29 bits per heavy atom. The summed E-state index contributed by atoms with van der Waals surface area (Å²) >= 11 is 0. The van der Waals surface area contributed by atoms with Crippen molar-refractivity contribution < 1.29 is 8.42 Å². The van der Waals surface area contributed by atoms with E-state index in [1.165, 1.54) is 32.1 Å². The van der Waals surface area contributed by atoms with E-state index in [1.54, 1.807) is 0 Å².